The highest BCUT2D eigenvalue weighted by atomic mass is 14.5. The Morgan fingerprint density at radius 2 is 1.56 bits per heavy atom. The molecular weight excluding hydrogens is 220 g/mol. The number of benzene rings is 2. The monoisotopic (exact) mass is 240 g/mol. The van der Waals surface area contributed by atoms with E-state index in [4.69, 9.17) is 11.5 Å². The lowest BCUT2D eigenvalue weighted by atomic mass is 10.1. The summed E-state index contributed by atoms with van der Waals surface area (Å²) in [5.41, 5.74) is 14.2. The van der Waals surface area contributed by atoms with Crippen molar-refractivity contribution in [3.05, 3.63) is 78.4 Å². The molecular formula is C16H20N2. The van der Waals surface area contributed by atoms with Crippen LogP contribution >= 0.6 is 0 Å². The molecule has 0 aliphatic carbocycles. The molecule has 0 radical (unpaired) electrons. The van der Waals surface area contributed by atoms with E-state index in [1.54, 1.807) is 0 Å². The van der Waals surface area contributed by atoms with Crippen LogP contribution in [0.1, 0.15) is 11.1 Å². The third kappa shape index (κ3) is 4.85. The van der Waals surface area contributed by atoms with Gasteiger partial charge in [0.05, 0.1) is 0 Å². The van der Waals surface area contributed by atoms with Crippen molar-refractivity contribution in [3.63, 3.8) is 0 Å². The van der Waals surface area contributed by atoms with E-state index in [1.807, 2.05) is 60.7 Å². The van der Waals surface area contributed by atoms with Gasteiger partial charge in [-0.1, -0.05) is 54.6 Å². The van der Waals surface area contributed by atoms with Crippen LogP contribution in [0.15, 0.2) is 67.3 Å². The van der Waals surface area contributed by atoms with Crippen molar-refractivity contribution >= 4 is 5.69 Å². The third-order valence-corrected chi connectivity index (χ3v) is 2.50. The summed E-state index contributed by atoms with van der Waals surface area (Å²) in [7, 11) is 0. The lowest BCUT2D eigenvalue weighted by Gasteiger charge is -1.99. The summed E-state index contributed by atoms with van der Waals surface area (Å²) >= 11 is 0. The molecule has 2 heteroatoms. The first-order valence-corrected chi connectivity index (χ1v) is 5.96. The van der Waals surface area contributed by atoms with Crippen LogP contribution in [0.5, 0.6) is 0 Å². The molecule has 4 N–H and O–H groups in total. The zero-order valence-electron chi connectivity index (χ0n) is 10.5. The van der Waals surface area contributed by atoms with Crippen LogP contribution in [0.2, 0.25) is 0 Å². The van der Waals surface area contributed by atoms with Gasteiger partial charge in [-0.15, -0.1) is 6.58 Å². The van der Waals surface area contributed by atoms with Gasteiger partial charge in [-0.05, 0) is 23.6 Å². The molecule has 2 aromatic rings. The van der Waals surface area contributed by atoms with Crippen molar-refractivity contribution < 1.29 is 0 Å². The number of hydrogen-bond donors (Lipinski definition) is 2. The number of hydrogen-bond acceptors (Lipinski definition) is 2. The lowest BCUT2D eigenvalue weighted by molar-refractivity contribution is 1.07. The topological polar surface area (TPSA) is 52.0 Å². The Morgan fingerprint density at radius 1 is 0.944 bits per heavy atom. The first-order chi connectivity index (χ1) is 8.77. The van der Waals surface area contributed by atoms with E-state index < -0.39 is 0 Å². The Bertz CT molecular complexity index is 464. The summed E-state index contributed by atoms with van der Waals surface area (Å²) in [6.45, 7) is 4.28. The maximum atomic E-state index is 5.66. The lowest BCUT2D eigenvalue weighted by Crippen LogP contribution is -1.94. The molecule has 0 aromatic heterocycles. The number of nitrogens with two attached hydrogens (primary N) is 2. The van der Waals surface area contributed by atoms with Gasteiger partial charge in [0.15, 0.2) is 0 Å². The van der Waals surface area contributed by atoms with Crippen molar-refractivity contribution in [1.82, 2.24) is 0 Å². The molecule has 0 heterocycles. The van der Waals surface area contributed by atoms with Gasteiger partial charge in [0.25, 0.3) is 0 Å². The van der Waals surface area contributed by atoms with Crippen LogP contribution < -0.4 is 11.5 Å². The van der Waals surface area contributed by atoms with Gasteiger partial charge in [0.2, 0.25) is 0 Å². The Morgan fingerprint density at radius 3 is 2.06 bits per heavy atom. The second-order valence-electron chi connectivity index (χ2n) is 3.88. The Balaban J connectivity index is 0.000000184. The quantitative estimate of drug-likeness (QED) is 0.639. The van der Waals surface area contributed by atoms with Crippen LogP contribution in [0.3, 0.4) is 0 Å². The Kier molecular flexibility index (Phi) is 6.30. The molecule has 2 nitrogen and oxygen atoms in total. The number of allylic oxidation sites excluding steroid dienone is 1. The van der Waals surface area contributed by atoms with Crippen LogP contribution in [0.25, 0.3) is 0 Å². The van der Waals surface area contributed by atoms with Crippen LogP contribution in [-0.4, -0.2) is 0 Å². The van der Waals surface area contributed by atoms with E-state index in [0.29, 0.717) is 6.54 Å². The molecule has 0 aliphatic rings. The summed E-state index contributed by atoms with van der Waals surface area (Å²) < 4.78 is 0. The number of rotatable bonds is 3. The molecule has 0 amide bonds. The number of nitrogen functional groups attached to an aromatic ring is 1. The first kappa shape index (κ1) is 14.0. The normalized spacial score (nSPS) is 9.17. The molecule has 0 saturated carbocycles. The zero-order chi connectivity index (χ0) is 13.2. The van der Waals surface area contributed by atoms with E-state index in [1.165, 1.54) is 5.56 Å². The predicted molar refractivity (Wildman–Crippen MR) is 79.1 cm³/mol. The van der Waals surface area contributed by atoms with Crippen LogP contribution in [0, 0.1) is 0 Å². The molecule has 0 bridgehead atoms. The van der Waals surface area contributed by atoms with E-state index in [0.717, 1.165) is 17.7 Å². The highest BCUT2D eigenvalue weighted by Crippen LogP contribution is 2.10. The van der Waals surface area contributed by atoms with Crippen molar-refractivity contribution in [2.24, 2.45) is 5.73 Å². The maximum absolute atomic E-state index is 5.66. The summed E-state index contributed by atoms with van der Waals surface area (Å²) in [4.78, 5) is 0. The summed E-state index contributed by atoms with van der Waals surface area (Å²) in [6.07, 6.45) is 2.71. The molecule has 2 aromatic carbocycles. The fourth-order valence-corrected chi connectivity index (χ4v) is 1.49. The van der Waals surface area contributed by atoms with Gasteiger partial charge in [0, 0.05) is 12.2 Å². The molecule has 0 aliphatic heterocycles. The second kappa shape index (κ2) is 8.09. The van der Waals surface area contributed by atoms with Gasteiger partial charge in [0.1, 0.15) is 0 Å². The van der Waals surface area contributed by atoms with Gasteiger partial charge >= 0.3 is 0 Å². The SMILES string of the molecule is C=CCc1ccccc1N.NCc1ccccc1. The molecule has 0 spiro atoms. The van der Waals surface area contributed by atoms with Crippen molar-refractivity contribution in [2.45, 2.75) is 13.0 Å². The summed E-state index contributed by atoms with van der Waals surface area (Å²) in [5, 5.41) is 0. The molecule has 0 unspecified atom stereocenters. The fraction of sp³-hybridized carbons (Fsp3) is 0.125. The van der Waals surface area contributed by atoms with Crippen molar-refractivity contribution in [1.29, 1.82) is 0 Å². The van der Waals surface area contributed by atoms with E-state index in [9.17, 15) is 0 Å². The molecule has 0 atom stereocenters. The van der Waals surface area contributed by atoms with Gasteiger partial charge in [-0.3, -0.25) is 0 Å². The number of para-hydroxylation sites is 1. The zero-order valence-corrected chi connectivity index (χ0v) is 10.5. The molecule has 0 saturated heterocycles. The first-order valence-electron chi connectivity index (χ1n) is 5.96. The summed E-state index contributed by atoms with van der Waals surface area (Å²) in [6, 6.07) is 17.8. The average molecular weight is 240 g/mol. The highest BCUT2D eigenvalue weighted by Gasteiger charge is 1.91. The van der Waals surface area contributed by atoms with Gasteiger partial charge < -0.3 is 11.5 Å². The molecule has 2 rings (SSSR count). The Labute approximate surface area is 109 Å². The smallest absolute Gasteiger partial charge is 0.0349 e. The van der Waals surface area contributed by atoms with Crippen LogP contribution in [-0.2, 0) is 13.0 Å². The maximum Gasteiger partial charge on any atom is 0.0349 e. The summed E-state index contributed by atoms with van der Waals surface area (Å²) in [5.74, 6) is 0. The molecule has 0 fully saturated rings. The predicted octanol–water partition coefficient (Wildman–Crippen LogP) is 3.14. The van der Waals surface area contributed by atoms with E-state index in [-0.39, 0.29) is 0 Å². The van der Waals surface area contributed by atoms with Gasteiger partial charge in [-0.2, -0.15) is 0 Å². The van der Waals surface area contributed by atoms with Crippen molar-refractivity contribution in [2.75, 3.05) is 5.73 Å². The highest BCUT2D eigenvalue weighted by molar-refractivity contribution is 5.46. The standard InChI is InChI=1S/C9H11N.C7H9N/c1-2-5-8-6-3-4-7-9(8)10;8-6-7-4-2-1-3-5-7/h2-4,6-7H,1,5,10H2;1-5H,6,8H2. The average Bonchev–Trinajstić information content (AvgIpc) is 2.43. The molecule has 94 valence electrons. The third-order valence-electron chi connectivity index (χ3n) is 2.50. The minimum atomic E-state index is 0.640. The van der Waals surface area contributed by atoms with E-state index >= 15 is 0 Å². The minimum absolute atomic E-state index is 0.640. The number of anilines is 1. The Hall–Kier alpha value is -2.06. The minimum Gasteiger partial charge on any atom is -0.398 e. The van der Waals surface area contributed by atoms with Gasteiger partial charge in [-0.25, -0.2) is 0 Å². The second-order valence-corrected chi connectivity index (χ2v) is 3.88. The largest absolute Gasteiger partial charge is 0.398 e. The van der Waals surface area contributed by atoms with Crippen molar-refractivity contribution in [3.8, 4) is 0 Å². The molecule has 18 heavy (non-hydrogen) atoms. The van der Waals surface area contributed by atoms with Crippen LogP contribution in [0.4, 0.5) is 5.69 Å². The fourth-order valence-electron chi connectivity index (χ4n) is 1.49. The van der Waals surface area contributed by atoms with E-state index in [2.05, 4.69) is 6.58 Å².